The largest absolute Gasteiger partial charge is 0.465 e. The molecule has 0 saturated heterocycles. The molecule has 2 aromatic rings. The molecule has 0 aromatic carbocycles. The van der Waals surface area contributed by atoms with Gasteiger partial charge < -0.3 is 4.74 Å². The van der Waals surface area contributed by atoms with Crippen LogP contribution in [0.25, 0.3) is 11.0 Å². The Morgan fingerprint density at radius 1 is 1.24 bits per heavy atom. The normalized spacial score (nSPS) is 10.6. The summed E-state index contributed by atoms with van der Waals surface area (Å²) in [6, 6.07) is 1.33. The number of halogens is 3. The third kappa shape index (κ3) is 2.26. The monoisotopic (exact) mass is 291 g/mol. The van der Waals surface area contributed by atoms with Crippen LogP contribution in [0, 0.1) is 0 Å². The number of hydrogen-bond acceptors (Lipinski definition) is 5. The van der Waals surface area contributed by atoms with Gasteiger partial charge in [-0.3, -0.25) is 0 Å². The molecule has 0 radical (unpaired) electrons. The van der Waals surface area contributed by atoms with Gasteiger partial charge in [0.2, 0.25) is 5.28 Å². The second-order valence-electron chi connectivity index (χ2n) is 2.97. The molecule has 0 N–H and O–H groups in total. The summed E-state index contributed by atoms with van der Waals surface area (Å²) in [4.78, 5) is 23.1. The van der Waals surface area contributed by atoms with Gasteiger partial charge in [-0.25, -0.2) is 14.8 Å². The lowest BCUT2D eigenvalue weighted by atomic mass is 10.2. The number of ether oxygens (including phenoxy) is 1. The number of rotatable bonds is 1. The number of esters is 1. The summed E-state index contributed by atoms with van der Waals surface area (Å²) in [6.07, 6.45) is 0. The minimum absolute atomic E-state index is 0.0181. The summed E-state index contributed by atoms with van der Waals surface area (Å²) in [7, 11) is 1.24. The molecule has 0 aliphatic heterocycles. The van der Waals surface area contributed by atoms with E-state index in [-0.39, 0.29) is 32.2 Å². The van der Waals surface area contributed by atoms with Gasteiger partial charge in [-0.1, -0.05) is 23.2 Å². The molecule has 0 amide bonds. The van der Waals surface area contributed by atoms with Crippen LogP contribution in [0.4, 0.5) is 0 Å². The minimum atomic E-state index is -0.605. The van der Waals surface area contributed by atoms with Crippen LogP contribution < -0.4 is 0 Å². The van der Waals surface area contributed by atoms with Gasteiger partial charge in [0, 0.05) is 0 Å². The quantitative estimate of drug-likeness (QED) is 0.350. The van der Waals surface area contributed by atoms with Crippen molar-refractivity contribution in [1.82, 2.24) is 15.0 Å². The van der Waals surface area contributed by atoms with Gasteiger partial charge >= 0.3 is 5.97 Å². The molecule has 5 nitrogen and oxygen atoms in total. The van der Waals surface area contributed by atoms with Crippen molar-refractivity contribution in [2.75, 3.05) is 7.11 Å². The molecule has 0 bridgehead atoms. The van der Waals surface area contributed by atoms with Crippen LogP contribution >= 0.6 is 34.8 Å². The fourth-order valence-corrected chi connectivity index (χ4v) is 1.97. The number of carbonyl (C=O) groups is 1. The molecule has 0 atom stereocenters. The Morgan fingerprint density at radius 2 is 1.94 bits per heavy atom. The summed E-state index contributed by atoms with van der Waals surface area (Å²) in [5.41, 5.74) is 0.284. The summed E-state index contributed by atoms with van der Waals surface area (Å²) in [5, 5.41) is 0.286. The summed E-state index contributed by atoms with van der Waals surface area (Å²) < 4.78 is 4.61. The molecule has 0 saturated carbocycles. The Kier molecular flexibility index (Phi) is 3.33. The Bertz CT molecular complexity index is 613. The zero-order chi connectivity index (χ0) is 12.6. The SMILES string of the molecule is COC(=O)c1cc(Cl)nc2nc(Cl)nc(Cl)c12. The number of methoxy groups -OCH3 is 1. The highest BCUT2D eigenvalue weighted by Crippen LogP contribution is 2.27. The smallest absolute Gasteiger partial charge is 0.338 e. The minimum Gasteiger partial charge on any atom is -0.465 e. The fourth-order valence-electron chi connectivity index (χ4n) is 1.31. The molecular formula is C9H4Cl3N3O2. The Morgan fingerprint density at radius 3 is 2.59 bits per heavy atom. The Labute approximate surface area is 111 Å². The maximum absolute atomic E-state index is 11.6. The van der Waals surface area contributed by atoms with Crippen LogP contribution in [0.5, 0.6) is 0 Å². The third-order valence-electron chi connectivity index (χ3n) is 1.97. The lowest BCUT2D eigenvalue weighted by Gasteiger charge is -2.05. The van der Waals surface area contributed by atoms with E-state index in [1.165, 1.54) is 13.2 Å². The summed E-state index contributed by atoms with van der Waals surface area (Å²) in [6.45, 7) is 0. The molecule has 8 heteroatoms. The predicted octanol–water partition coefficient (Wildman–Crippen LogP) is 2.77. The molecule has 88 valence electrons. The van der Waals surface area contributed by atoms with E-state index in [0.29, 0.717) is 0 Å². The van der Waals surface area contributed by atoms with Gasteiger partial charge in [0.15, 0.2) is 5.65 Å². The number of nitrogens with zero attached hydrogens (tertiary/aromatic N) is 3. The van der Waals surface area contributed by atoms with Crippen molar-refractivity contribution >= 4 is 51.8 Å². The lowest BCUT2D eigenvalue weighted by Crippen LogP contribution is -2.05. The first-order valence-corrected chi connectivity index (χ1v) is 5.44. The Balaban J connectivity index is 2.87. The first-order chi connectivity index (χ1) is 8.02. The Hall–Kier alpha value is -1.17. The maximum Gasteiger partial charge on any atom is 0.338 e. The van der Waals surface area contributed by atoms with Gasteiger partial charge in [-0.15, -0.1) is 0 Å². The maximum atomic E-state index is 11.6. The van der Waals surface area contributed by atoms with Crippen molar-refractivity contribution in [3.05, 3.63) is 27.2 Å². The van der Waals surface area contributed by atoms with E-state index in [9.17, 15) is 4.79 Å². The molecule has 17 heavy (non-hydrogen) atoms. The average molecular weight is 293 g/mol. The van der Waals surface area contributed by atoms with Gasteiger partial charge in [-0.05, 0) is 17.7 Å². The van der Waals surface area contributed by atoms with Crippen LogP contribution in [0.3, 0.4) is 0 Å². The summed E-state index contributed by atoms with van der Waals surface area (Å²) in [5.74, 6) is -0.605. The standard InChI is InChI=1S/C9H4Cl3N3O2/c1-17-8(16)3-2-4(10)13-7-5(3)6(11)14-9(12)15-7/h2H,1H3. The first-order valence-electron chi connectivity index (χ1n) is 4.30. The van der Waals surface area contributed by atoms with Gasteiger partial charge in [0.25, 0.3) is 0 Å². The molecule has 2 aromatic heterocycles. The van der Waals surface area contributed by atoms with E-state index in [1.54, 1.807) is 0 Å². The highest BCUT2D eigenvalue weighted by atomic mass is 35.5. The van der Waals surface area contributed by atoms with Crippen molar-refractivity contribution in [2.24, 2.45) is 0 Å². The van der Waals surface area contributed by atoms with Gasteiger partial charge in [0.05, 0.1) is 18.1 Å². The molecule has 2 rings (SSSR count). The predicted molar refractivity (Wildman–Crippen MR) is 63.7 cm³/mol. The van der Waals surface area contributed by atoms with E-state index >= 15 is 0 Å². The number of aromatic nitrogens is 3. The average Bonchev–Trinajstić information content (AvgIpc) is 2.25. The van der Waals surface area contributed by atoms with Crippen molar-refractivity contribution < 1.29 is 9.53 Å². The number of hydrogen-bond donors (Lipinski definition) is 0. The zero-order valence-electron chi connectivity index (χ0n) is 8.37. The lowest BCUT2D eigenvalue weighted by molar-refractivity contribution is 0.0603. The van der Waals surface area contributed by atoms with Crippen LogP contribution in [0.1, 0.15) is 10.4 Å². The number of pyridine rings is 1. The van der Waals surface area contributed by atoms with E-state index in [1.807, 2.05) is 0 Å². The molecule has 0 unspecified atom stereocenters. The third-order valence-corrected chi connectivity index (χ3v) is 2.61. The molecule has 0 fully saturated rings. The highest BCUT2D eigenvalue weighted by molar-refractivity contribution is 6.37. The van der Waals surface area contributed by atoms with Crippen LogP contribution in [0.2, 0.25) is 15.6 Å². The van der Waals surface area contributed by atoms with Gasteiger partial charge in [-0.2, -0.15) is 4.98 Å². The van der Waals surface area contributed by atoms with Crippen LogP contribution in [0.15, 0.2) is 6.07 Å². The fraction of sp³-hybridized carbons (Fsp3) is 0.111. The van der Waals surface area contributed by atoms with Crippen LogP contribution in [-0.2, 0) is 4.74 Å². The van der Waals surface area contributed by atoms with E-state index < -0.39 is 5.97 Å². The van der Waals surface area contributed by atoms with E-state index in [2.05, 4.69) is 19.7 Å². The van der Waals surface area contributed by atoms with E-state index in [4.69, 9.17) is 34.8 Å². The zero-order valence-corrected chi connectivity index (χ0v) is 10.6. The number of fused-ring (bicyclic) bond motifs is 1. The summed E-state index contributed by atoms with van der Waals surface area (Å²) >= 11 is 17.3. The van der Waals surface area contributed by atoms with Crippen molar-refractivity contribution in [3.8, 4) is 0 Å². The van der Waals surface area contributed by atoms with Crippen molar-refractivity contribution in [2.45, 2.75) is 0 Å². The highest BCUT2D eigenvalue weighted by Gasteiger charge is 2.18. The second-order valence-corrected chi connectivity index (χ2v) is 4.05. The van der Waals surface area contributed by atoms with Crippen molar-refractivity contribution in [3.63, 3.8) is 0 Å². The van der Waals surface area contributed by atoms with Crippen molar-refractivity contribution in [1.29, 1.82) is 0 Å². The molecule has 2 heterocycles. The molecular weight excluding hydrogens is 288 g/mol. The molecule has 0 aliphatic rings. The number of carbonyl (C=O) groups excluding carboxylic acids is 1. The van der Waals surface area contributed by atoms with Gasteiger partial charge in [0.1, 0.15) is 10.3 Å². The topological polar surface area (TPSA) is 65.0 Å². The molecule has 0 aliphatic carbocycles. The molecule has 0 spiro atoms. The first kappa shape index (κ1) is 12.3. The second kappa shape index (κ2) is 4.60. The van der Waals surface area contributed by atoms with Crippen LogP contribution in [-0.4, -0.2) is 28.0 Å². The van der Waals surface area contributed by atoms with E-state index in [0.717, 1.165) is 0 Å².